The summed E-state index contributed by atoms with van der Waals surface area (Å²) in [5.74, 6) is 1.16. The molecule has 1 N–H and O–H groups in total. The molecule has 4 nitrogen and oxygen atoms in total. The molecule has 0 atom stereocenters. The minimum Gasteiger partial charge on any atom is -0.491 e. The molecule has 0 aliphatic heterocycles. The Balaban J connectivity index is 1.62. The Hall–Kier alpha value is -2.98. The molecule has 0 aliphatic carbocycles. The molecule has 0 saturated carbocycles. The van der Waals surface area contributed by atoms with Crippen molar-refractivity contribution in [1.82, 2.24) is 0 Å². The Morgan fingerprint density at radius 3 is 2.43 bits per heavy atom. The fraction of sp³-hybridized carbons (Fsp3) is 0.174. The summed E-state index contributed by atoms with van der Waals surface area (Å²) >= 11 is 6.15. The molecule has 0 unspecified atom stereocenters. The van der Waals surface area contributed by atoms with Gasteiger partial charge in [-0.3, -0.25) is 4.79 Å². The first kappa shape index (κ1) is 19.8. The van der Waals surface area contributed by atoms with Crippen LogP contribution in [-0.2, 0) is 6.61 Å². The Kier molecular flexibility index (Phi) is 6.56. The molecule has 144 valence electrons. The lowest BCUT2D eigenvalue weighted by molar-refractivity contribution is 0.102. The third kappa shape index (κ3) is 5.51. The van der Waals surface area contributed by atoms with Gasteiger partial charge in [0.2, 0.25) is 0 Å². The van der Waals surface area contributed by atoms with E-state index >= 15 is 0 Å². The van der Waals surface area contributed by atoms with Crippen molar-refractivity contribution < 1.29 is 14.3 Å². The number of nitrogens with one attached hydrogen (secondary N) is 1. The molecule has 3 rings (SSSR count). The van der Waals surface area contributed by atoms with E-state index < -0.39 is 0 Å². The number of amides is 1. The van der Waals surface area contributed by atoms with Crippen LogP contribution in [-0.4, -0.2) is 12.0 Å². The summed E-state index contributed by atoms with van der Waals surface area (Å²) in [5, 5.41) is 3.53. The van der Waals surface area contributed by atoms with Crippen LogP contribution in [0.25, 0.3) is 0 Å². The van der Waals surface area contributed by atoms with Crippen LogP contribution in [0.2, 0.25) is 5.02 Å². The number of anilines is 1. The minimum atomic E-state index is -0.208. The fourth-order valence-electron chi connectivity index (χ4n) is 2.60. The fourth-order valence-corrected chi connectivity index (χ4v) is 2.79. The van der Waals surface area contributed by atoms with Gasteiger partial charge in [0, 0.05) is 21.8 Å². The Labute approximate surface area is 170 Å². The van der Waals surface area contributed by atoms with Crippen LogP contribution in [0.15, 0.2) is 72.8 Å². The van der Waals surface area contributed by atoms with Gasteiger partial charge >= 0.3 is 0 Å². The van der Waals surface area contributed by atoms with Gasteiger partial charge in [0.05, 0.1) is 6.10 Å². The highest BCUT2D eigenvalue weighted by Crippen LogP contribution is 2.21. The van der Waals surface area contributed by atoms with Crippen LogP contribution in [0, 0.1) is 0 Å². The van der Waals surface area contributed by atoms with E-state index in [0.717, 1.165) is 11.3 Å². The van der Waals surface area contributed by atoms with Crippen LogP contribution in [0.5, 0.6) is 11.5 Å². The van der Waals surface area contributed by atoms with E-state index in [9.17, 15) is 4.79 Å². The first-order chi connectivity index (χ1) is 13.5. The third-order valence-corrected chi connectivity index (χ3v) is 4.30. The van der Waals surface area contributed by atoms with Crippen molar-refractivity contribution >= 4 is 23.2 Å². The summed E-state index contributed by atoms with van der Waals surface area (Å²) in [6.45, 7) is 4.27. The van der Waals surface area contributed by atoms with E-state index in [2.05, 4.69) is 5.32 Å². The van der Waals surface area contributed by atoms with Crippen LogP contribution >= 0.6 is 11.6 Å². The highest BCUT2D eigenvalue weighted by molar-refractivity contribution is 6.31. The topological polar surface area (TPSA) is 47.6 Å². The molecule has 0 heterocycles. The third-order valence-electron chi connectivity index (χ3n) is 3.93. The number of rotatable bonds is 7. The van der Waals surface area contributed by atoms with E-state index in [0.29, 0.717) is 28.6 Å². The van der Waals surface area contributed by atoms with Gasteiger partial charge in [0.15, 0.2) is 0 Å². The number of hydrogen-bond donors (Lipinski definition) is 1. The quantitative estimate of drug-likeness (QED) is 0.537. The Morgan fingerprint density at radius 1 is 0.964 bits per heavy atom. The van der Waals surface area contributed by atoms with E-state index in [1.807, 2.05) is 68.4 Å². The van der Waals surface area contributed by atoms with Gasteiger partial charge < -0.3 is 14.8 Å². The number of hydrogen-bond acceptors (Lipinski definition) is 3. The second-order valence-corrected chi connectivity index (χ2v) is 6.96. The second kappa shape index (κ2) is 9.29. The highest BCUT2D eigenvalue weighted by Gasteiger charge is 2.08. The lowest BCUT2D eigenvalue weighted by Gasteiger charge is -2.11. The molecule has 0 aliphatic rings. The zero-order valence-electron chi connectivity index (χ0n) is 15.8. The van der Waals surface area contributed by atoms with Crippen molar-refractivity contribution in [2.75, 3.05) is 5.32 Å². The summed E-state index contributed by atoms with van der Waals surface area (Å²) < 4.78 is 11.4. The average molecular weight is 396 g/mol. The maximum absolute atomic E-state index is 12.5. The molecule has 0 spiro atoms. The highest BCUT2D eigenvalue weighted by atomic mass is 35.5. The second-order valence-electron chi connectivity index (χ2n) is 6.55. The molecule has 0 fully saturated rings. The van der Waals surface area contributed by atoms with Crippen molar-refractivity contribution in [1.29, 1.82) is 0 Å². The number of benzene rings is 3. The summed E-state index contributed by atoms with van der Waals surface area (Å²) in [4.78, 5) is 12.5. The van der Waals surface area contributed by atoms with Crippen LogP contribution < -0.4 is 14.8 Å². The van der Waals surface area contributed by atoms with Crippen molar-refractivity contribution in [3.63, 3.8) is 0 Å². The van der Waals surface area contributed by atoms with Gasteiger partial charge in [-0.2, -0.15) is 0 Å². The number of carbonyl (C=O) groups excluding carboxylic acids is 1. The zero-order valence-corrected chi connectivity index (χ0v) is 16.6. The summed E-state index contributed by atoms with van der Waals surface area (Å²) in [7, 11) is 0. The average Bonchev–Trinajstić information content (AvgIpc) is 2.69. The predicted octanol–water partition coefficient (Wildman–Crippen LogP) is 5.96. The van der Waals surface area contributed by atoms with Crippen molar-refractivity contribution in [2.45, 2.75) is 26.6 Å². The molecule has 0 aromatic heterocycles. The Morgan fingerprint density at radius 2 is 1.71 bits per heavy atom. The van der Waals surface area contributed by atoms with Crippen LogP contribution in [0.3, 0.4) is 0 Å². The molecule has 28 heavy (non-hydrogen) atoms. The normalized spacial score (nSPS) is 10.6. The Bertz CT molecular complexity index is 939. The van der Waals surface area contributed by atoms with Crippen molar-refractivity contribution in [3.05, 3.63) is 88.9 Å². The SMILES string of the molecule is CC(C)Oc1ccc(NC(=O)c2cccc(OCc3ccccc3Cl)c2)cc1. The van der Waals surface area contributed by atoms with Crippen molar-refractivity contribution in [3.8, 4) is 11.5 Å². The monoisotopic (exact) mass is 395 g/mol. The summed E-state index contributed by atoms with van der Waals surface area (Å²) in [5.41, 5.74) is 2.10. The van der Waals surface area contributed by atoms with Crippen molar-refractivity contribution in [2.24, 2.45) is 0 Å². The van der Waals surface area contributed by atoms with Gasteiger partial charge in [0.1, 0.15) is 18.1 Å². The lowest BCUT2D eigenvalue weighted by Crippen LogP contribution is -2.12. The number of halogens is 1. The smallest absolute Gasteiger partial charge is 0.255 e. The lowest BCUT2D eigenvalue weighted by atomic mass is 10.2. The molecule has 0 saturated heterocycles. The van der Waals surface area contributed by atoms with Gasteiger partial charge in [0.25, 0.3) is 5.91 Å². The molecular formula is C23H22ClNO3. The van der Waals surface area contributed by atoms with E-state index in [-0.39, 0.29) is 12.0 Å². The van der Waals surface area contributed by atoms with Gasteiger partial charge in [-0.25, -0.2) is 0 Å². The molecule has 0 bridgehead atoms. The van der Waals surface area contributed by atoms with Gasteiger partial charge in [-0.05, 0) is 62.4 Å². The van der Waals surface area contributed by atoms with Gasteiger partial charge in [-0.15, -0.1) is 0 Å². The predicted molar refractivity (Wildman–Crippen MR) is 112 cm³/mol. The number of carbonyl (C=O) groups is 1. The van der Waals surface area contributed by atoms with E-state index in [1.54, 1.807) is 18.2 Å². The largest absolute Gasteiger partial charge is 0.491 e. The standard InChI is InChI=1S/C23H22ClNO3/c1-16(2)28-20-12-10-19(11-13-20)25-23(26)17-7-5-8-21(14-17)27-15-18-6-3-4-9-22(18)24/h3-14,16H,15H2,1-2H3,(H,25,26). The molecule has 5 heteroatoms. The first-order valence-corrected chi connectivity index (χ1v) is 9.43. The van der Waals surface area contributed by atoms with Crippen LogP contribution in [0.1, 0.15) is 29.8 Å². The maximum Gasteiger partial charge on any atom is 0.255 e. The summed E-state index contributed by atoms with van der Waals surface area (Å²) in [6, 6.07) is 21.9. The van der Waals surface area contributed by atoms with E-state index in [1.165, 1.54) is 0 Å². The molecule has 3 aromatic rings. The molecular weight excluding hydrogens is 374 g/mol. The van der Waals surface area contributed by atoms with E-state index in [4.69, 9.17) is 21.1 Å². The minimum absolute atomic E-state index is 0.106. The summed E-state index contributed by atoms with van der Waals surface area (Å²) in [6.07, 6.45) is 0.106. The van der Waals surface area contributed by atoms with Gasteiger partial charge in [-0.1, -0.05) is 35.9 Å². The molecule has 3 aromatic carbocycles. The van der Waals surface area contributed by atoms with Crippen LogP contribution in [0.4, 0.5) is 5.69 Å². The first-order valence-electron chi connectivity index (χ1n) is 9.05. The zero-order chi connectivity index (χ0) is 19.9. The molecule has 1 amide bonds. The molecule has 0 radical (unpaired) electrons. The number of ether oxygens (including phenoxy) is 2. The maximum atomic E-state index is 12.5.